The maximum Gasteiger partial charge on any atom is 0.312 e. The summed E-state index contributed by atoms with van der Waals surface area (Å²) in [6.07, 6.45) is 14.8. The predicted molar refractivity (Wildman–Crippen MR) is 122 cm³/mol. The molecule has 3 aliphatic rings. The lowest BCUT2D eigenvalue weighted by molar-refractivity contribution is -0.147. The third-order valence-corrected chi connectivity index (χ3v) is 7.76. The SMILES string of the molecule is O=C(O)CC(=O)N(Cc1ccccc1)C1C[C@H]2CCC[C@@H](C1)N2C1CCCCCCC1. The van der Waals surface area contributed by atoms with Gasteiger partial charge >= 0.3 is 5.97 Å². The van der Waals surface area contributed by atoms with Gasteiger partial charge in [-0.2, -0.15) is 0 Å². The lowest BCUT2D eigenvalue weighted by Crippen LogP contribution is -2.60. The van der Waals surface area contributed by atoms with E-state index < -0.39 is 12.4 Å². The molecule has 31 heavy (non-hydrogen) atoms. The molecular weight excluding hydrogens is 388 g/mol. The van der Waals surface area contributed by atoms with Gasteiger partial charge < -0.3 is 10.0 Å². The van der Waals surface area contributed by atoms with E-state index in [1.165, 1.54) is 64.2 Å². The standard InChI is InChI=1S/C26H38N2O3/c29-25(18-26(30)31)27(19-20-10-5-4-6-11-20)24-16-22-14-9-15-23(17-24)28(22)21-12-7-2-1-3-8-13-21/h4-6,10-11,21-24H,1-3,7-9,12-19H2,(H,30,31)/t22-,23+,24?. The number of amides is 1. The monoisotopic (exact) mass is 426 g/mol. The van der Waals surface area contributed by atoms with Gasteiger partial charge in [0.05, 0.1) is 0 Å². The highest BCUT2D eigenvalue weighted by molar-refractivity contribution is 5.93. The van der Waals surface area contributed by atoms with Crippen molar-refractivity contribution < 1.29 is 14.7 Å². The van der Waals surface area contributed by atoms with E-state index in [0.29, 0.717) is 24.7 Å². The summed E-state index contributed by atoms with van der Waals surface area (Å²) in [5.74, 6) is -1.27. The van der Waals surface area contributed by atoms with Crippen molar-refractivity contribution in [1.82, 2.24) is 9.80 Å². The first kappa shape index (κ1) is 22.3. The number of hydrogen-bond acceptors (Lipinski definition) is 3. The van der Waals surface area contributed by atoms with Gasteiger partial charge in [0.15, 0.2) is 0 Å². The Morgan fingerprint density at radius 3 is 2.03 bits per heavy atom. The van der Waals surface area contributed by atoms with Crippen LogP contribution in [-0.4, -0.2) is 51.0 Å². The van der Waals surface area contributed by atoms with Crippen LogP contribution in [0.4, 0.5) is 0 Å². The Bertz CT molecular complexity index is 715. The van der Waals surface area contributed by atoms with Gasteiger partial charge in [0.2, 0.25) is 5.91 Å². The summed E-state index contributed by atoms with van der Waals surface area (Å²) in [5.41, 5.74) is 1.08. The molecule has 1 N–H and O–H groups in total. The summed E-state index contributed by atoms with van der Waals surface area (Å²) in [4.78, 5) is 29.0. The molecule has 5 nitrogen and oxygen atoms in total. The summed E-state index contributed by atoms with van der Waals surface area (Å²) in [6.45, 7) is 0.514. The van der Waals surface area contributed by atoms with Crippen LogP contribution >= 0.6 is 0 Å². The van der Waals surface area contributed by atoms with Crippen LogP contribution < -0.4 is 0 Å². The van der Waals surface area contributed by atoms with Crippen molar-refractivity contribution in [2.24, 2.45) is 0 Å². The Morgan fingerprint density at radius 1 is 0.839 bits per heavy atom. The lowest BCUT2D eigenvalue weighted by atomic mass is 9.78. The highest BCUT2D eigenvalue weighted by Gasteiger charge is 2.43. The second kappa shape index (κ2) is 10.6. The van der Waals surface area contributed by atoms with Gasteiger partial charge in [0.25, 0.3) is 0 Å². The largest absolute Gasteiger partial charge is 0.481 e. The lowest BCUT2D eigenvalue weighted by Gasteiger charge is -2.54. The number of hydrogen-bond donors (Lipinski definition) is 1. The molecule has 1 aliphatic carbocycles. The second-order valence-electron chi connectivity index (χ2n) is 9.89. The van der Waals surface area contributed by atoms with Gasteiger partial charge in [-0.3, -0.25) is 14.5 Å². The van der Waals surface area contributed by atoms with E-state index in [2.05, 4.69) is 4.90 Å². The van der Waals surface area contributed by atoms with Crippen molar-refractivity contribution in [1.29, 1.82) is 0 Å². The molecule has 2 saturated heterocycles. The zero-order valence-electron chi connectivity index (χ0n) is 18.8. The van der Waals surface area contributed by atoms with Crippen LogP contribution in [0.2, 0.25) is 0 Å². The summed E-state index contributed by atoms with van der Waals surface area (Å²) in [7, 11) is 0. The first-order valence-corrected chi connectivity index (χ1v) is 12.4. The fourth-order valence-corrected chi connectivity index (χ4v) is 6.40. The van der Waals surface area contributed by atoms with Gasteiger partial charge in [-0.15, -0.1) is 0 Å². The van der Waals surface area contributed by atoms with Crippen LogP contribution in [0.5, 0.6) is 0 Å². The van der Waals surface area contributed by atoms with Crippen LogP contribution in [0, 0.1) is 0 Å². The number of rotatable bonds is 6. The molecule has 3 fully saturated rings. The number of aliphatic carboxylic acids is 1. The number of benzene rings is 1. The minimum atomic E-state index is -1.03. The first-order chi connectivity index (χ1) is 15.1. The number of carboxylic acids is 1. The Labute approximate surface area is 186 Å². The van der Waals surface area contributed by atoms with Gasteiger partial charge in [0.1, 0.15) is 6.42 Å². The summed E-state index contributed by atoms with van der Waals surface area (Å²) in [6, 6.07) is 11.9. The van der Waals surface area contributed by atoms with Crippen molar-refractivity contribution in [2.45, 2.75) is 114 Å². The Hall–Kier alpha value is -1.88. The molecule has 2 heterocycles. The van der Waals surface area contributed by atoms with Gasteiger partial charge in [-0.05, 0) is 44.1 Å². The third-order valence-electron chi connectivity index (χ3n) is 7.76. The van der Waals surface area contributed by atoms with Gasteiger partial charge in [-0.25, -0.2) is 0 Å². The molecule has 0 radical (unpaired) electrons. The van der Waals surface area contributed by atoms with Crippen molar-refractivity contribution in [3.05, 3.63) is 35.9 Å². The Morgan fingerprint density at radius 2 is 1.42 bits per heavy atom. The van der Waals surface area contributed by atoms with E-state index in [1.807, 2.05) is 35.2 Å². The van der Waals surface area contributed by atoms with E-state index >= 15 is 0 Å². The van der Waals surface area contributed by atoms with Crippen molar-refractivity contribution in [3.63, 3.8) is 0 Å². The maximum atomic E-state index is 13.0. The molecule has 2 bridgehead atoms. The highest BCUT2D eigenvalue weighted by atomic mass is 16.4. The topological polar surface area (TPSA) is 60.9 Å². The van der Waals surface area contributed by atoms with E-state index in [0.717, 1.165) is 18.4 Å². The fourth-order valence-electron chi connectivity index (χ4n) is 6.40. The molecule has 0 spiro atoms. The van der Waals surface area contributed by atoms with E-state index in [9.17, 15) is 14.7 Å². The van der Waals surface area contributed by atoms with E-state index in [4.69, 9.17) is 0 Å². The Balaban J connectivity index is 1.51. The summed E-state index contributed by atoms with van der Waals surface area (Å²) in [5, 5.41) is 9.26. The predicted octanol–water partition coefficient (Wildman–Crippen LogP) is 4.99. The van der Waals surface area contributed by atoms with Crippen LogP contribution in [0.3, 0.4) is 0 Å². The minimum absolute atomic E-state index is 0.146. The molecule has 1 saturated carbocycles. The molecule has 0 aromatic heterocycles. The molecule has 1 amide bonds. The van der Waals surface area contributed by atoms with E-state index in [1.54, 1.807) is 0 Å². The van der Waals surface area contributed by atoms with Gasteiger partial charge in [0, 0.05) is 30.7 Å². The first-order valence-electron chi connectivity index (χ1n) is 12.4. The quantitative estimate of drug-likeness (QED) is 0.651. The molecule has 170 valence electrons. The van der Waals surface area contributed by atoms with Crippen LogP contribution in [0.25, 0.3) is 0 Å². The zero-order chi connectivity index (χ0) is 21.6. The van der Waals surface area contributed by atoms with Crippen LogP contribution in [-0.2, 0) is 16.1 Å². The number of fused-ring (bicyclic) bond motifs is 2. The average molecular weight is 427 g/mol. The number of carboxylic acid groups (broad SMARTS) is 1. The molecule has 3 atom stereocenters. The van der Waals surface area contributed by atoms with Crippen molar-refractivity contribution in [3.8, 4) is 0 Å². The minimum Gasteiger partial charge on any atom is -0.481 e. The summed E-state index contributed by atoms with van der Waals surface area (Å²) < 4.78 is 0. The molecule has 5 heteroatoms. The normalized spacial score (nSPS) is 27.8. The molecular formula is C26H38N2O3. The fraction of sp³-hybridized carbons (Fsp3) is 0.692. The van der Waals surface area contributed by atoms with Crippen molar-refractivity contribution in [2.75, 3.05) is 0 Å². The number of piperidine rings is 2. The zero-order valence-corrected chi connectivity index (χ0v) is 18.8. The average Bonchev–Trinajstić information content (AvgIpc) is 2.71. The number of nitrogens with zero attached hydrogens (tertiary/aromatic N) is 2. The second-order valence-corrected chi connectivity index (χ2v) is 9.89. The molecule has 4 rings (SSSR count). The Kier molecular flexibility index (Phi) is 7.65. The smallest absolute Gasteiger partial charge is 0.312 e. The molecule has 1 aromatic rings. The van der Waals surface area contributed by atoms with Gasteiger partial charge in [-0.1, -0.05) is 68.9 Å². The summed E-state index contributed by atoms with van der Waals surface area (Å²) >= 11 is 0. The molecule has 2 aliphatic heterocycles. The van der Waals surface area contributed by atoms with Crippen LogP contribution in [0.15, 0.2) is 30.3 Å². The number of carbonyl (C=O) groups excluding carboxylic acids is 1. The maximum absolute atomic E-state index is 13.0. The highest BCUT2D eigenvalue weighted by Crippen LogP contribution is 2.40. The van der Waals surface area contributed by atoms with Crippen molar-refractivity contribution >= 4 is 11.9 Å². The molecule has 1 aromatic carbocycles. The van der Waals surface area contributed by atoms with E-state index in [-0.39, 0.29) is 11.9 Å². The number of carbonyl (C=O) groups is 2. The third kappa shape index (κ3) is 5.68. The molecule has 1 unspecified atom stereocenters. The van der Waals surface area contributed by atoms with Crippen LogP contribution in [0.1, 0.15) is 89.0 Å².